The molecular formula is C25H24ClN3O5S. The largest absolute Gasteiger partial charge is 0.492 e. The monoisotopic (exact) mass is 513 g/mol. The van der Waals surface area contributed by atoms with E-state index in [1.165, 1.54) is 7.11 Å². The van der Waals surface area contributed by atoms with E-state index in [1.54, 1.807) is 30.3 Å². The minimum Gasteiger partial charge on any atom is -0.492 e. The first-order valence-electron chi connectivity index (χ1n) is 10.7. The van der Waals surface area contributed by atoms with Crippen LogP contribution in [0.5, 0.6) is 5.75 Å². The number of halogens is 1. The summed E-state index contributed by atoms with van der Waals surface area (Å²) in [5.74, 6) is -3.59. The topological polar surface area (TPSA) is 118 Å². The molecule has 2 aromatic rings. The van der Waals surface area contributed by atoms with Crippen LogP contribution in [0, 0.1) is 24.2 Å². The number of benzene rings is 2. The molecule has 10 heteroatoms. The van der Waals surface area contributed by atoms with Gasteiger partial charge in [-0.15, -0.1) is 0 Å². The molecule has 8 nitrogen and oxygen atoms in total. The van der Waals surface area contributed by atoms with Crippen molar-refractivity contribution in [2.45, 2.75) is 19.8 Å². The fourth-order valence-corrected chi connectivity index (χ4v) is 4.73. The van der Waals surface area contributed by atoms with Crippen LogP contribution >= 0.6 is 23.4 Å². The number of methoxy groups -OCH3 is 1. The molecule has 0 bridgehead atoms. The highest BCUT2D eigenvalue weighted by Crippen LogP contribution is 2.42. The summed E-state index contributed by atoms with van der Waals surface area (Å²) in [4.78, 5) is 38.0. The van der Waals surface area contributed by atoms with Crippen LogP contribution < -0.4 is 15.4 Å². The van der Waals surface area contributed by atoms with Crippen LogP contribution in [-0.4, -0.2) is 37.3 Å². The Bertz CT molecular complexity index is 1210. The number of nitrogens with one attached hydrogen (secondary N) is 2. The lowest BCUT2D eigenvalue weighted by Crippen LogP contribution is -2.44. The van der Waals surface area contributed by atoms with Gasteiger partial charge in [-0.05, 0) is 43.7 Å². The highest BCUT2D eigenvalue weighted by atomic mass is 35.5. The molecule has 182 valence electrons. The van der Waals surface area contributed by atoms with Crippen molar-refractivity contribution < 1.29 is 23.9 Å². The van der Waals surface area contributed by atoms with Gasteiger partial charge < -0.3 is 20.1 Å². The summed E-state index contributed by atoms with van der Waals surface area (Å²) in [6.07, 6.45) is 0. The Hall–Kier alpha value is -3.48. The number of ether oxygens (including phenoxy) is 2. The molecule has 0 aliphatic carbocycles. The van der Waals surface area contributed by atoms with Crippen LogP contribution in [0.3, 0.4) is 0 Å². The van der Waals surface area contributed by atoms with Crippen LogP contribution in [0.15, 0.2) is 53.1 Å². The molecule has 0 radical (unpaired) electrons. The lowest BCUT2D eigenvalue weighted by Gasteiger charge is -2.31. The predicted molar refractivity (Wildman–Crippen MR) is 134 cm³/mol. The quantitative estimate of drug-likeness (QED) is 0.402. The zero-order valence-electron chi connectivity index (χ0n) is 19.4. The van der Waals surface area contributed by atoms with Gasteiger partial charge >= 0.3 is 5.97 Å². The first-order valence-corrected chi connectivity index (χ1v) is 12.1. The van der Waals surface area contributed by atoms with Crippen LogP contribution in [-0.2, 0) is 19.1 Å². The van der Waals surface area contributed by atoms with Crippen molar-refractivity contribution in [3.05, 3.63) is 69.2 Å². The Kier molecular flexibility index (Phi) is 8.79. The number of aryl methyl sites for hydroxylation is 1. The number of nitriles is 1. The van der Waals surface area contributed by atoms with E-state index in [9.17, 15) is 19.6 Å². The van der Waals surface area contributed by atoms with Crippen molar-refractivity contribution in [1.29, 1.82) is 5.26 Å². The molecule has 1 aliphatic heterocycles. The summed E-state index contributed by atoms with van der Waals surface area (Å²) >= 11 is 7.35. The summed E-state index contributed by atoms with van der Waals surface area (Å²) in [7, 11) is 1.17. The summed E-state index contributed by atoms with van der Waals surface area (Å²) in [5.41, 5.74) is 2.30. The van der Waals surface area contributed by atoms with Crippen molar-refractivity contribution in [3.63, 3.8) is 0 Å². The molecule has 3 rings (SSSR count). The Morgan fingerprint density at radius 1 is 1.23 bits per heavy atom. The van der Waals surface area contributed by atoms with E-state index in [-0.39, 0.29) is 27.3 Å². The normalized spacial score (nSPS) is 17.3. The fraction of sp³-hybridized carbons (Fsp3) is 0.280. The summed E-state index contributed by atoms with van der Waals surface area (Å²) < 4.78 is 10.3. The minimum atomic E-state index is -1.30. The maximum Gasteiger partial charge on any atom is 0.319 e. The van der Waals surface area contributed by atoms with E-state index in [1.807, 2.05) is 26.0 Å². The number of esters is 1. The molecule has 0 fully saturated rings. The number of carbonyl (C=O) groups excluding carboxylic acids is 3. The number of rotatable bonds is 8. The van der Waals surface area contributed by atoms with Gasteiger partial charge in [-0.25, -0.2) is 0 Å². The summed E-state index contributed by atoms with van der Waals surface area (Å²) in [5, 5.41) is 15.9. The zero-order valence-corrected chi connectivity index (χ0v) is 21.0. The lowest BCUT2D eigenvalue weighted by molar-refractivity contribution is -0.150. The van der Waals surface area contributed by atoms with Crippen LogP contribution in [0.4, 0.5) is 5.69 Å². The number of carbonyl (C=O) groups is 3. The predicted octanol–water partition coefficient (Wildman–Crippen LogP) is 4.16. The van der Waals surface area contributed by atoms with E-state index in [0.29, 0.717) is 23.6 Å². The maximum atomic E-state index is 12.9. The van der Waals surface area contributed by atoms with Crippen LogP contribution in [0.2, 0.25) is 5.02 Å². The molecule has 35 heavy (non-hydrogen) atoms. The second-order valence-corrected chi connectivity index (χ2v) is 9.04. The van der Waals surface area contributed by atoms with Gasteiger partial charge in [0, 0.05) is 11.6 Å². The summed E-state index contributed by atoms with van der Waals surface area (Å²) in [6, 6.07) is 14.3. The minimum absolute atomic E-state index is 0.0612. The Morgan fingerprint density at radius 3 is 2.54 bits per heavy atom. The Labute approximate surface area is 212 Å². The van der Waals surface area contributed by atoms with Crippen molar-refractivity contribution in [3.8, 4) is 11.8 Å². The summed E-state index contributed by atoms with van der Waals surface area (Å²) in [6.45, 7) is 4.17. The molecule has 2 amide bonds. The number of nitrogens with zero attached hydrogens (tertiary/aromatic N) is 1. The third-order valence-corrected chi connectivity index (χ3v) is 6.59. The van der Waals surface area contributed by atoms with Gasteiger partial charge in [-0.2, -0.15) is 5.26 Å². The first kappa shape index (κ1) is 26.1. The molecular weight excluding hydrogens is 490 g/mol. The van der Waals surface area contributed by atoms with Gasteiger partial charge in [0.1, 0.15) is 11.7 Å². The first-order chi connectivity index (χ1) is 16.8. The van der Waals surface area contributed by atoms with E-state index in [4.69, 9.17) is 21.1 Å². The highest BCUT2D eigenvalue weighted by molar-refractivity contribution is 8.03. The van der Waals surface area contributed by atoms with E-state index < -0.39 is 23.7 Å². The highest BCUT2D eigenvalue weighted by Gasteiger charge is 2.44. The van der Waals surface area contributed by atoms with E-state index in [2.05, 4.69) is 16.7 Å². The molecule has 0 aromatic heterocycles. The lowest BCUT2D eigenvalue weighted by atomic mass is 9.78. The zero-order chi connectivity index (χ0) is 25.5. The Balaban J connectivity index is 1.92. The molecule has 0 unspecified atom stereocenters. The van der Waals surface area contributed by atoms with Gasteiger partial charge in [0.15, 0.2) is 0 Å². The van der Waals surface area contributed by atoms with Gasteiger partial charge in [-0.1, -0.05) is 47.1 Å². The molecule has 2 atom stereocenters. The number of hydrogen-bond acceptors (Lipinski definition) is 7. The average molecular weight is 514 g/mol. The molecule has 0 spiro atoms. The van der Waals surface area contributed by atoms with Gasteiger partial charge in [0.05, 0.1) is 41.2 Å². The van der Waals surface area contributed by atoms with Crippen molar-refractivity contribution >= 4 is 46.8 Å². The molecule has 0 saturated carbocycles. The van der Waals surface area contributed by atoms with Gasteiger partial charge in [0.2, 0.25) is 11.8 Å². The third kappa shape index (κ3) is 6.15. The van der Waals surface area contributed by atoms with Crippen LogP contribution in [0.1, 0.15) is 24.0 Å². The van der Waals surface area contributed by atoms with Crippen LogP contribution in [0.25, 0.3) is 0 Å². The van der Waals surface area contributed by atoms with Crippen molar-refractivity contribution in [2.75, 3.05) is 24.8 Å². The van der Waals surface area contributed by atoms with Gasteiger partial charge in [-0.3, -0.25) is 14.4 Å². The smallest absolute Gasteiger partial charge is 0.319 e. The SMILES string of the molecule is CCOc1ccc([C@@H]2C(C#N)=C(SCC(=O)Nc3ccc(C)cc3)NC(=O)[C@H]2C(=O)OC)cc1Cl. The molecule has 2 N–H and O–H groups in total. The molecule has 0 saturated heterocycles. The number of allylic oxidation sites excluding steroid dienone is 1. The van der Waals surface area contributed by atoms with Crippen molar-refractivity contribution in [1.82, 2.24) is 5.32 Å². The van der Waals surface area contributed by atoms with Crippen molar-refractivity contribution in [2.24, 2.45) is 5.92 Å². The Morgan fingerprint density at radius 2 is 1.94 bits per heavy atom. The number of thioether (sulfide) groups is 1. The number of hydrogen-bond donors (Lipinski definition) is 2. The number of amides is 2. The standard InChI is InChI=1S/C25H24ClN3O5S/c1-4-34-19-10-7-15(11-18(19)26)21-17(12-27)24(29-23(31)22(21)25(32)33-3)35-13-20(30)28-16-8-5-14(2)6-9-16/h5-11,21-22H,4,13H2,1-3H3,(H,28,30)(H,29,31)/t21-,22+/m1/s1. The maximum absolute atomic E-state index is 12.9. The molecule has 1 heterocycles. The van der Waals surface area contributed by atoms with E-state index in [0.717, 1.165) is 17.3 Å². The second-order valence-electron chi connectivity index (χ2n) is 7.65. The molecule has 1 aliphatic rings. The third-order valence-electron chi connectivity index (χ3n) is 5.28. The second kappa shape index (κ2) is 11.8. The van der Waals surface area contributed by atoms with Gasteiger partial charge in [0.25, 0.3) is 0 Å². The average Bonchev–Trinajstić information content (AvgIpc) is 2.84. The fourth-order valence-electron chi connectivity index (χ4n) is 3.63. The number of anilines is 1. The van der Waals surface area contributed by atoms with E-state index >= 15 is 0 Å². The molecule has 2 aromatic carbocycles.